The Balaban J connectivity index is 1.91. The first-order valence-corrected chi connectivity index (χ1v) is 11.2. The molecule has 0 spiro atoms. The van der Waals surface area contributed by atoms with Crippen molar-refractivity contribution >= 4 is 32.3 Å². The number of anilines is 1. The molecule has 1 atom stereocenters. The maximum atomic E-state index is 12.3. The van der Waals surface area contributed by atoms with E-state index < -0.39 is 9.73 Å². The topological polar surface area (TPSA) is 83.5 Å². The van der Waals surface area contributed by atoms with Crippen LogP contribution >= 0.6 is 0 Å². The smallest absolute Gasteiger partial charge is 0.164 e. The van der Waals surface area contributed by atoms with E-state index in [1.54, 1.807) is 18.8 Å². The molecule has 1 N–H and O–H groups in total. The molecule has 3 heterocycles. The number of hydrogen-bond acceptors (Lipinski definition) is 6. The van der Waals surface area contributed by atoms with E-state index in [1.165, 1.54) is 0 Å². The Kier molecular flexibility index (Phi) is 4.61. The van der Waals surface area contributed by atoms with Gasteiger partial charge in [-0.25, -0.2) is 14.2 Å². The summed E-state index contributed by atoms with van der Waals surface area (Å²) in [6.07, 6.45) is 4.91. The SMILES string of the molecule is C[C@@H]1COCCN1c1cc(N=S(C)(C)=O)nc(-c2cccc3[nH]cnc23)c1. The van der Waals surface area contributed by atoms with E-state index in [2.05, 4.69) is 37.2 Å². The Labute approximate surface area is 159 Å². The quantitative estimate of drug-likeness (QED) is 0.748. The fraction of sp³-hybridized carbons (Fsp3) is 0.368. The van der Waals surface area contributed by atoms with Crippen molar-refractivity contribution in [3.63, 3.8) is 0 Å². The van der Waals surface area contributed by atoms with E-state index in [9.17, 15) is 4.21 Å². The van der Waals surface area contributed by atoms with E-state index in [1.807, 2.05) is 24.3 Å². The average molecular weight is 385 g/mol. The number of para-hydroxylation sites is 1. The van der Waals surface area contributed by atoms with E-state index in [0.29, 0.717) is 19.0 Å². The molecule has 1 aromatic carbocycles. The minimum Gasteiger partial charge on any atom is -0.377 e. The van der Waals surface area contributed by atoms with Gasteiger partial charge in [-0.15, -0.1) is 0 Å². The van der Waals surface area contributed by atoms with Crippen LogP contribution in [0.1, 0.15) is 6.92 Å². The van der Waals surface area contributed by atoms with Crippen LogP contribution in [0.2, 0.25) is 0 Å². The van der Waals surface area contributed by atoms with Crippen LogP contribution in [-0.4, -0.2) is 57.5 Å². The van der Waals surface area contributed by atoms with Crippen molar-refractivity contribution in [1.82, 2.24) is 15.0 Å². The number of rotatable bonds is 3. The number of imidazole rings is 1. The molecule has 0 aliphatic carbocycles. The predicted molar refractivity (Wildman–Crippen MR) is 109 cm³/mol. The maximum absolute atomic E-state index is 12.3. The van der Waals surface area contributed by atoms with Gasteiger partial charge in [-0.3, -0.25) is 0 Å². The molecule has 0 radical (unpaired) electrons. The first-order valence-electron chi connectivity index (χ1n) is 8.87. The summed E-state index contributed by atoms with van der Waals surface area (Å²) in [5.74, 6) is 0.476. The second kappa shape index (κ2) is 6.94. The van der Waals surface area contributed by atoms with Crippen LogP contribution in [0.25, 0.3) is 22.3 Å². The van der Waals surface area contributed by atoms with Gasteiger partial charge in [0.2, 0.25) is 0 Å². The summed E-state index contributed by atoms with van der Waals surface area (Å²) in [7, 11) is -2.32. The normalized spacial score (nSPS) is 18.0. The summed E-state index contributed by atoms with van der Waals surface area (Å²) in [5, 5.41) is 0. The minimum absolute atomic E-state index is 0.246. The molecule has 4 rings (SSSR count). The molecule has 142 valence electrons. The standard InChI is InChI=1S/C19H23N5O2S/c1-13-11-26-8-7-24(13)14-9-17(22-18(10-14)23-27(2,3)25)15-5-4-6-16-19(15)21-12-20-16/h4-6,9-10,12-13H,7-8,11H2,1-3H3,(H,20,21)/t13-/m1/s1. The summed E-state index contributed by atoms with van der Waals surface area (Å²) in [4.78, 5) is 14.5. The van der Waals surface area contributed by atoms with Crippen molar-refractivity contribution in [2.24, 2.45) is 4.36 Å². The second-order valence-electron chi connectivity index (χ2n) is 7.06. The largest absolute Gasteiger partial charge is 0.377 e. The van der Waals surface area contributed by atoms with Gasteiger partial charge in [-0.1, -0.05) is 12.1 Å². The molecule has 1 aliphatic heterocycles. The summed E-state index contributed by atoms with van der Waals surface area (Å²) >= 11 is 0. The van der Waals surface area contributed by atoms with Gasteiger partial charge < -0.3 is 14.6 Å². The molecule has 1 fully saturated rings. The number of aromatic amines is 1. The van der Waals surface area contributed by atoms with E-state index in [4.69, 9.17) is 4.74 Å². The lowest BCUT2D eigenvalue weighted by molar-refractivity contribution is 0.0989. The van der Waals surface area contributed by atoms with Crippen LogP contribution < -0.4 is 4.90 Å². The predicted octanol–water partition coefficient (Wildman–Crippen LogP) is 3.21. The van der Waals surface area contributed by atoms with Crippen LogP contribution in [-0.2, 0) is 14.5 Å². The number of ether oxygens (including phenoxy) is 1. The fourth-order valence-corrected chi connectivity index (χ4v) is 3.90. The van der Waals surface area contributed by atoms with Gasteiger partial charge >= 0.3 is 0 Å². The van der Waals surface area contributed by atoms with Crippen molar-refractivity contribution in [1.29, 1.82) is 0 Å². The van der Waals surface area contributed by atoms with E-state index in [-0.39, 0.29) is 6.04 Å². The number of morpholine rings is 1. The third-order valence-electron chi connectivity index (χ3n) is 4.53. The molecule has 3 aromatic rings. The lowest BCUT2D eigenvalue weighted by Gasteiger charge is -2.35. The molecule has 1 aliphatic rings. The molecule has 8 heteroatoms. The lowest BCUT2D eigenvalue weighted by Crippen LogP contribution is -2.43. The first kappa shape index (κ1) is 17.9. The Morgan fingerprint density at radius 3 is 2.96 bits per heavy atom. The Hall–Kier alpha value is -2.45. The van der Waals surface area contributed by atoms with Gasteiger partial charge in [0.1, 0.15) is 0 Å². The third kappa shape index (κ3) is 3.81. The molecular weight excluding hydrogens is 362 g/mol. The monoisotopic (exact) mass is 385 g/mol. The molecule has 0 amide bonds. The highest BCUT2D eigenvalue weighted by atomic mass is 32.2. The zero-order valence-corrected chi connectivity index (χ0v) is 16.5. The molecule has 7 nitrogen and oxygen atoms in total. The number of aromatic nitrogens is 3. The fourth-order valence-electron chi connectivity index (χ4n) is 3.36. The molecule has 1 saturated heterocycles. The summed E-state index contributed by atoms with van der Waals surface area (Å²) in [5.41, 5.74) is 4.51. The van der Waals surface area contributed by atoms with Gasteiger partial charge in [-0.2, -0.15) is 4.36 Å². The Morgan fingerprint density at radius 2 is 2.19 bits per heavy atom. The molecule has 27 heavy (non-hydrogen) atoms. The highest BCUT2D eigenvalue weighted by Gasteiger charge is 2.21. The van der Waals surface area contributed by atoms with Gasteiger partial charge in [0.05, 0.1) is 36.3 Å². The van der Waals surface area contributed by atoms with Gasteiger partial charge in [0.15, 0.2) is 5.82 Å². The number of pyridine rings is 1. The van der Waals surface area contributed by atoms with Crippen molar-refractivity contribution in [2.45, 2.75) is 13.0 Å². The zero-order chi connectivity index (χ0) is 19.0. The lowest BCUT2D eigenvalue weighted by atomic mass is 10.1. The van der Waals surface area contributed by atoms with Crippen LogP contribution in [0.5, 0.6) is 0 Å². The second-order valence-corrected chi connectivity index (χ2v) is 9.61. The first-order chi connectivity index (χ1) is 12.9. The molecular formula is C19H23N5O2S. The Bertz CT molecular complexity index is 1090. The number of fused-ring (bicyclic) bond motifs is 1. The van der Waals surface area contributed by atoms with Crippen LogP contribution in [0.15, 0.2) is 41.0 Å². The summed E-state index contributed by atoms with van der Waals surface area (Å²) in [6, 6.07) is 10.2. The van der Waals surface area contributed by atoms with E-state index >= 15 is 0 Å². The van der Waals surface area contributed by atoms with Crippen molar-refractivity contribution in [2.75, 3.05) is 37.2 Å². The molecule has 0 saturated carbocycles. The maximum Gasteiger partial charge on any atom is 0.164 e. The van der Waals surface area contributed by atoms with Crippen LogP contribution in [0, 0.1) is 0 Å². The minimum atomic E-state index is -2.32. The highest BCUT2D eigenvalue weighted by Crippen LogP contribution is 2.32. The third-order valence-corrected chi connectivity index (χ3v) is 5.16. The summed E-state index contributed by atoms with van der Waals surface area (Å²) in [6.45, 7) is 4.29. The van der Waals surface area contributed by atoms with Gasteiger partial charge in [0.25, 0.3) is 0 Å². The molecule has 0 bridgehead atoms. The Morgan fingerprint density at radius 1 is 1.33 bits per heavy atom. The van der Waals surface area contributed by atoms with Gasteiger partial charge in [0, 0.05) is 52.1 Å². The summed E-state index contributed by atoms with van der Waals surface area (Å²) < 4.78 is 22.2. The molecule has 0 unspecified atom stereocenters. The number of nitrogens with zero attached hydrogens (tertiary/aromatic N) is 4. The number of H-pyrrole nitrogens is 1. The van der Waals surface area contributed by atoms with Gasteiger partial charge in [-0.05, 0) is 19.1 Å². The highest BCUT2D eigenvalue weighted by molar-refractivity contribution is 7.92. The van der Waals surface area contributed by atoms with Crippen LogP contribution in [0.3, 0.4) is 0 Å². The zero-order valence-electron chi connectivity index (χ0n) is 15.7. The van der Waals surface area contributed by atoms with Crippen LogP contribution in [0.4, 0.5) is 11.5 Å². The molecule has 2 aromatic heterocycles. The number of nitrogens with one attached hydrogen (secondary N) is 1. The van der Waals surface area contributed by atoms with Crippen molar-refractivity contribution in [3.8, 4) is 11.3 Å². The van der Waals surface area contributed by atoms with E-state index in [0.717, 1.165) is 34.5 Å². The van der Waals surface area contributed by atoms with Crippen molar-refractivity contribution < 1.29 is 8.95 Å². The van der Waals surface area contributed by atoms with Crippen molar-refractivity contribution in [3.05, 3.63) is 36.7 Å². The number of hydrogen-bond donors (Lipinski definition) is 1. The average Bonchev–Trinajstić information content (AvgIpc) is 3.09. The number of benzene rings is 1.